The van der Waals surface area contributed by atoms with Gasteiger partial charge in [0, 0.05) is 18.2 Å². The number of halogens is 2. The highest BCUT2D eigenvalue weighted by molar-refractivity contribution is 9.28. The van der Waals surface area contributed by atoms with Gasteiger partial charge in [-0.3, -0.25) is 0 Å². The number of likely N-dealkylation sites (N-methyl/N-ethyl adjacent to an activating group) is 1. The van der Waals surface area contributed by atoms with E-state index in [9.17, 15) is 5.11 Å². The van der Waals surface area contributed by atoms with Crippen molar-refractivity contribution < 1.29 is 5.11 Å². The molecule has 2 aliphatic rings. The maximum absolute atomic E-state index is 10.6. The quantitative estimate of drug-likeness (QED) is 0.573. The van der Waals surface area contributed by atoms with Crippen LogP contribution in [0.2, 0.25) is 0 Å². The van der Waals surface area contributed by atoms with Crippen molar-refractivity contribution >= 4 is 43.8 Å². The summed E-state index contributed by atoms with van der Waals surface area (Å²) >= 11 is 6.71. The molecule has 0 radical (unpaired) electrons. The molecule has 0 amide bonds. The van der Waals surface area contributed by atoms with E-state index in [2.05, 4.69) is 65.4 Å². The maximum Gasteiger partial charge on any atom is 0.149 e. The van der Waals surface area contributed by atoms with Gasteiger partial charge in [-0.05, 0) is 112 Å². The van der Waals surface area contributed by atoms with Gasteiger partial charge in [-0.1, -0.05) is 6.07 Å². The standard InChI is InChI=1S/C21H24Br2N4O/c1-27-8-2-3-15(12-27)24-20-11-17(14-5-6-14)21(26-25-20)16-7-4-13(9-18(16)28)10-19(22)23/h4,7,9-11,14-15,28H,2-3,5-6,8,12H2,1H3,(H,24,25)/t15-/m1/s1. The van der Waals surface area contributed by atoms with Crippen molar-refractivity contribution in [1.29, 1.82) is 0 Å². The fourth-order valence-corrected chi connectivity index (χ4v) is 4.38. The van der Waals surface area contributed by atoms with Crippen molar-refractivity contribution in [3.8, 4) is 17.0 Å². The second kappa shape index (κ2) is 8.51. The van der Waals surface area contributed by atoms with Crippen LogP contribution in [0.3, 0.4) is 0 Å². The van der Waals surface area contributed by atoms with Crippen LogP contribution in [-0.2, 0) is 0 Å². The third-order valence-corrected chi connectivity index (χ3v) is 5.83. The molecule has 5 nitrogen and oxygen atoms in total. The van der Waals surface area contributed by atoms with Crippen molar-refractivity contribution in [1.82, 2.24) is 15.1 Å². The van der Waals surface area contributed by atoms with Crippen LogP contribution in [0.25, 0.3) is 17.3 Å². The van der Waals surface area contributed by atoms with Crippen LogP contribution in [0.5, 0.6) is 5.75 Å². The van der Waals surface area contributed by atoms with Crippen molar-refractivity contribution in [2.75, 3.05) is 25.5 Å². The van der Waals surface area contributed by atoms with Gasteiger partial charge in [-0.25, -0.2) is 0 Å². The molecule has 0 unspecified atom stereocenters. The highest BCUT2D eigenvalue weighted by atomic mass is 79.9. The van der Waals surface area contributed by atoms with Crippen LogP contribution in [0.15, 0.2) is 27.7 Å². The van der Waals surface area contributed by atoms with Gasteiger partial charge in [0.05, 0.1) is 3.39 Å². The Kier molecular flexibility index (Phi) is 6.04. The molecule has 1 aromatic carbocycles. The largest absolute Gasteiger partial charge is 0.507 e. The van der Waals surface area contributed by atoms with E-state index >= 15 is 0 Å². The third-order valence-electron chi connectivity index (χ3n) is 5.37. The molecule has 1 aliphatic heterocycles. The lowest BCUT2D eigenvalue weighted by molar-refractivity contribution is 0.260. The summed E-state index contributed by atoms with van der Waals surface area (Å²) in [5.41, 5.74) is 3.62. The minimum Gasteiger partial charge on any atom is -0.507 e. The molecule has 0 spiro atoms. The molecule has 2 fully saturated rings. The van der Waals surface area contributed by atoms with E-state index in [1.54, 1.807) is 6.07 Å². The Morgan fingerprint density at radius 1 is 1.21 bits per heavy atom. The van der Waals surface area contributed by atoms with E-state index < -0.39 is 0 Å². The zero-order valence-electron chi connectivity index (χ0n) is 15.8. The van der Waals surface area contributed by atoms with Crippen LogP contribution < -0.4 is 5.32 Å². The number of nitrogens with one attached hydrogen (secondary N) is 1. The van der Waals surface area contributed by atoms with Crippen molar-refractivity contribution in [2.24, 2.45) is 0 Å². The lowest BCUT2D eigenvalue weighted by Crippen LogP contribution is -2.39. The highest BCUT2D eigenvalue weighted by Gasteiger charge is 2.29. The number of likely N-dealkylation sites (tertiary alicyclic amines) is 1. The first kappa shape index (κ1) is 19.9. The number of nitrogens with zero attached hydrogens (tertiary/aromatic N) is 3. The first-order valence-corrected chi connectivity index (χ1v) is 11.3. The molecule has 28 heavy (non-hydrogen) atoms. The molecule has 1 aromatic heterocycles. The highest BCUT2D eigenvalue weighted by Crippen LogP contribution is 2.45. The molecule has 4 rings (SSSR count). The first-order chi connectivity index (χ1) is 13.5. The van der Waals surface area contributed by atoms with Gasteiger partial charge >= 0.3 is 0 Å². The van der Waals surface area contributed by atoms with Gasteiger partial charge in [0.2, 0.25) is 0 Å². The number of anilines is 1. The summed E-state index contributed by atoms with van der Waals surface area (Å²) < 4.78 is 0.828. The van der Waals surface area contributed by atoms with E-state index in [4.69, 9.17) is 0 Å². The number of rotatable bonds is 5. The van der Waals surface area contributed by atoms with E-state index in [0.29, 0.717) is 12.0 Å². The fourth-order valence-electron chi connectivity index (χ4n) is 3.85. The maximum atomic E-state index is 10.6. The fraction of sp³-hybridized carbons (Fsp3) is 0.429. The molecule has 148 valence electrons. The Hall–Kier alpha value is -1.44. The van der Waals surface area contributed by atoms with Gasteiger partial charge < -0.3 is 15.3 Å². The van der Waals surface area contributed by atoms with Gasteiger partial charge in [-0.2, -0.15) is 0 Å². The minimum absolute atomic E-state index is 0.223. The predicted octanol–water partition coefficient (Wildman–Crippen LogP) is 5.32. The number of piperidine rings is 1. The van der Waals surface area contributed by atoms with E-state index in [1.807, 2.05) is 18.2 Å². The van der Waals surface area contributed by atoms with Crippen molar-refractivity contribution in [3.05, 3.63) is 38.8 Å². The lowest BCUT2D eigenvalue weighted by atomic mass is 10.0. The van der Waals surface area contributed by atoms with E-state index in [1.165, 1.54) is 24.8 Å². The zero-order chi connectivity index (χ0) is 19.7. The molecule has 1 saturated heterocycles. The second-order valence-electron chi connectivity index (χ2n) is 7.76. The van der Waals surface area contributed by atoms with Crippen LogP contribution in [-0.4, -0.2) is 46.4 Å². The van der Waals surface area contributed by atoms with Gasteiger partial charge in [0.15, 0.2) is 0 Å². The predicted molar refractivity (Wildman–Crippen MR) is 121 cm³/mol. The molecule has 7 heteroatoms. The lowest BCUT2D eigenvalue weighted by Gasteiger charge is -2.30. The summed E-state index contributed by atoms with van der Waals surface area (Å²) in [6.45, 7) is 2.19. The van der Waals surface area contributed by atoms with Crippen LogP contribution >= 0.6 is 31.9 Å². The normalized spacial score (nSPS) is 20.0. The smallest absolute Gasteiger partial charge is 0.149 e. The van der Waals surface area contributed by atoms with Gasteiger partial charge in [0.25, 0.3) is 0 Å². The molecular weight excluding hydrogens is 484 g/mol. The molecule has 1 atom stereocenters. The van der Waals surface area contributed by atoms with Crippen molar-refractivity contribution in [2.45, 2.75) is 37.6 Å². The molecule has 0 bridgehead atoms. The molecule has 2 heterocycles. The average Bonchev–Trinajstić information content (AvgIpc) is 3.47. The topological polar surface area (TPSA) is 61.3 Å². The monoisotopic (exact) mass is 506 g/mol. The third kappa shape index (κ3) is 4.75. The Labute approximate surface area is 182 Å². The number of aromatic nitrogens is 2. The van der Waals surface area contributed by atoms with Gasteiger partial charge in [0.1, 0.15) is 17.3 Å². The van der Waals surface area contributed by atoms with Crippen LogP contribution in [0, 0.1) is 0 Å². The summed E-state index contributed by atoms with van der Waals surface area (Å²) in [5, 5.41) is 23.1. The summed E-state index contributed by atoms with van der Waals surface area (Å²) in [6, 6.07) is 8.19. The molecule has 1 saturated carbocycles. The van der Waals surface area contributed by atoms with Gasteiger partial charge in [-0.15, -0.1) is 10.2 Å². The zero-order valence-corrected chi connectivity index (χ0v) is 19.0. The summed E-state index contributed by atoms with van der Waals surface area (Å²) in [4.78, 5) is 2.35. The molecular formula is C21H24Br2N4O. The van der Waals surface area contributed by atoms with E-state index in [-0.39, 0.29) is 5.75 Å². The van der Waals surface area contributed by atoms with Crippen LogP contribution in [0.1, 0.15) is 42.7 Å². The SMILES string of the molecule is CN1CCC[C@@H](Nc2cc(C3CC3)c(-c3ccc(C=C(Br)Br)cc3O)nn2)C1. The van der Waals surface area contributed by atoms with E-state index in [0.717, 1.165) is 45.5 Å². The molecule has 1 aliphatic carbocycles. The van der Waals surface area contributed by atoms with Crippen LogP contribution in [0.4, 0.5) is 5.82 Å². The Bertz CT molecular complexity index is 894. The number of aromatic hydroxyl groups is 1. The Balaban J connectivity index is 1.62. The average molecular weight is 508 g/mol. The molecule has 2 N–H and O–H groups in total. The number of phenolic OH excluding ortho intramolecular Hbond substituents is 1. The number of hydrogen-bond donors (Lipinski definition) is 2. The minimum atomic E-state index is 0.223. The second-order valence-corrected chi connectivity index (χ2v) is 10.5. The van der Waals surface area contributed by atoms with Crippen molar-refractivity contribution in [3.63, 3.8) is 0 Å². The summed E-state index contributed by atoms with van der Waals surface area (Å²) in [7, 11) is 2.16. The Morgan fingerprint density at radius 3 is 2.71 bits per heavy atom. The Morgan fingerprint density at radius 2 is 2.04 bits per heavy atom. The number of hydrogen-bond acceptors (Lipinski definition) is 5. The summed E-state index contributed by atoms with van der Waals surface area (Å²) in [5.74, 6) is 1.57. The number of phenols is 1. The first-order valence-electron chi connectivity index (χ1n) is 9.68. The molecule has 2 aromatic rings. The number of benzene rings is 1. The summed E-state index contributed by atoms with van der Waals surface area (Å²) in [6.07, 6.45) is 6.59.